The van der Waals surface area contributed by atoms with Gasteiger partial charge in [-0.1, -0.05) is 78.9 Å². The van der Waals surface area contributed by atoms with E-state index in [2.05, 4.69) is 58.7 Å². The molecule has 1 unspecified atom stereocenters. The summed E-state index contributed by atoms with van der Waals surface area (Å²) in [6.45, 7) is 5.69. The van der Waals surface area contributed by atoms with Crippen LogP contribution >= 0.6 is 0 Å². The second kappa shape index (κ2) is 14.0. The van der Waals surface area contributed by atoms with E-state index < -0.39 is 29.6 Å². The average Bonchev–Trinajstić information content (AvgIpc) is 3.06. The Balaban J connectivity index is 1.27. The Morgan fingerprint density at radius 1 is 0.826 bits per heavy atom. The third-order valence-corrected chi connectivity index (χ3v) is 9.18. The number of likely N-dealkylation sites (tertiary alicyclic amines) is 1. The number of dihydropyridines is 1. The molecule has 0 amide bonds. The van der Waals surface area contributed by atoms with Crippen molar-refractivity contribution in [3.63, 3.8) is 0 Å². The van der Waals surface area contributed by atoms with Crippen molar-refractivity contribution in [1.29, 1.82) is 0 Å². The Morgan fingerprint density at radius 3 is 1.89 bits per heavy atom. The van der Waals surface area contributed by atoms with Crippen LogP contribution in [0.2, 0.25) is 0 Å². The van der Waals surface area contributed by atoms with Crippen molar-refractivity contribution in [2.75, 3.05) is 33.4 Å². The van der Waals surface area contributed by atoms with Crippen molar-refractivity contribution >= 4 is 11.9 Å². The third-order valence-electron chi connectivity index (χ3n) is 9.18. The van der Waals surface area contributed by atoms with Crippen LogP contribution in [0.1, 0.15) is 61.3 Å². The maximum atomic E-state index is 14.1. The summed E-state index contributed by atoms with van der Waals surface area (Å²) in [4.78, 5) is 28.8. The molecular weight excluding hydrogens is 593 g/mol. The molecule has 0 aliphatic carbocycles. The first-order chi connectivity index (χ1) is 22.1. The smallest absolute Gasteiger partial charge is 0.416 e. The van der Waals surface area contributed by atoms with Crippen molar-refractivity contribution < 1.29 is 32.2 Å². The zero-order valence-electron chi connectivity index (χ0n) is 26.3. The lowest BCUT2D eigenvalue weighted by molar-refractivity contribution is -0.141. The number of methoxy groups -OCH3 is 1. The Bertz CT molecular complexity index is 1570. The fourth-order valence-electron chi connectivity index (χ4n) is 6.91. The Kier molecular flexibility index (Phi) is 10.0. The predicted molar refractivity (Wildman–Crippen MR) is 170 cm³/mol. The number of esters is 2. The lowest BCUT2D eigenvalue weighted by atomic mass is 9.68. The molecule has 1 N–H and O–H groups in total. The van der Waals surface area contributed by atoms with Gasteiger partial charge in [-0.25, -0.2) is 9.59 Å². The summed E-state index contributed by atoms with van der Waals surface area (Å²) in [5.41, 5.74) is 1.92. The number of carbonyl (C=O) groups excluding carboxylic acids is 2. The van der Waals surface area contributed by atoms with Crippen LogP contribution in [0.5, 0.6) is 0 Å². The zero-order valence-corrected chi connectivity index (χ0v) is 26.3. The molecule has 6 nitrogen and oxygen atoms in total. The van der Waals surface area contributed by atoms with E-state index in [1.807, 2.05) is 12.1 Å². The van der Waals surface area contributed by atoms with Gasteiger partial charge in [-0.2, -0.15) is 13.2 Å². The van der Waals surface area contributed by atoms with E-state index in [0.29, 0.717) is 24.4 Å². The number of nitrogens with zero attached hydrogens (tertiary/aromatic N) is 1. The van der Waals surface area contributed by atoms with Gasteiger partial charge in [-0.3, -0.25) is 0 Å². The summed E-state index contributed by atoms with van der Waals surface area (Å²) < 4.78 is 53.0. The van der Waals surface area contributed by atoms with Crippen LogP contribution in [-0.4, -0.2) is 50.2 Å². The maximum absolute atomic E-state index is 14.1. The standard InChI is InChI=1S/C37H39F3N2O4/c1-25-31(34(43)45-3)33(29-17-10-11-18-30(29)37(38,39)40)32(26(2)41-25)35(44)46-24-12-21-42-22-19-36(20-23-42,27-13-6-4-7-14-27)28-15-8-5-9-16-28/h4-11,13-18,33,41H,12,19-24H2,1-3H3. The van der Waals surface area contributed by atoms with Gasteiger partial charge in [-0.05, 0) is 69.0 Å². The van der Waals surface area contributed by atoms with Crippen LogP contribution in [0.15, 0.2) is 107 Å². The van der Waals surface area contributed by atoms with Gasteiger partial charge in [0.05, 0.1) is 36.3 Å². The molecule has 1 fully saturated rings. The molecule has 0 bridgehead atoms. The highest BCUT2D eigenvalue weighted by molar-refractivity contribution is 6.00. The minimum Gasteiger partial charge on any atom is -0.466 e. The summed E-state index contributed by atoms with van der Waals surface area (Å²) in [6, 6.07) is 26.1. The van der Waals surface area contributed by atoms with Crippen LogP contribution in [0.3, 0.4) is 0 Å². The number of piperidine rings is 1. The van der Waals surface area contributed by atoms with Crippen molar-refractivity contribution in [3.05, 3.63) is 130 Å². The summed E-state index contributed by atoms with van der Waals surface area (Å²) in [7, 11) is 1.16. The van der Waals surface area contributed by atoms with Crippen molar-refractivity contribution in [1.82, 2.24) is 10.2 Å². The molecule has 2 aliphatic rings. The molecule has 3 aromatic rings. The molecule has 2 aliphatic heterocycles. The number of allylic oxidation sites excluding steroid dienone is 2. The number of alkyl halides is 3. The van der Waals surface area contributed by atoms with Gasteiger partial charge in [0.15, 0.2) is 0 Å². The summed E-state index contributed by atoms with van der Waals surface area (Å²) in [5, 5.41) is 2.98. The molecule has 2 heterocycles. The molecule has 1 atom stereocenters. The van der Waals surface area contributed by atoms with Crippen molar-refractivity contribution in [2.45, 2.75) is 50.6 Å². The van der Waals surface area contributed by atoms with E-state index in [4.69, 9.17) is 9.47 Å². The van der Waals surface area contributed by atoms with Gasteiger partial charge in [-0.15, -0.1) is 0 Å². The number of nitrogens with one attached hydrogen (secondary N) is 1. The molecule has 9 heteroatoms. The molecule has 5 rings (SSSR count). The fraction of sp³-hybridized carbons (Fsp3) is 0.351. The van der Waals surface area contributed by atoms with Gasteiger partial charge < -0.3 is 19.7 Å². The largest absolute Gasteiger partial charge is 0.466 e. The minimum absolute atomic E-state index is 0.0452. The first-order valence-corrected chi connectivity index (χ1v) is 15.5. The topological polar surface area (TPSA) is 67.9 Å². The summed E-state index contributed by atoms with van der Waals surface area (Å²) in [6.07, 6.45) is -2.26. The van der Waals surface area contributed by atoms with Crippen LogP contribution in [0.4, 0.5) is 13.2 Å². The van der Waals surface area contributed by atoms with E-state index >= 15 is 0 Å². The Labute approximate surface area is 267 Å². The lowest BCUT2D eigenvalue weighted by Gasteiger charge is -2.43. The Morgan fingerprint density at radius 2 is 1.35 bits per heavy atom. The second-order valence-electron chi connectivity index (χ2n) is 11.9. The number of halogens is 3. The van der Waals surface area contributed by atoms with Crippen LogP contribution in [0, 0.1) is 0 Å². The van der Waals surface area contributed by atoms with E-state index in [-0.39, 0.29) is 28.7 Å². The van der Waals surface area contributed by atoms with E-state index in [9.17, 15) is 22.8 Å². The molecule has 46 heavy (non-hydrogen) atoms. The molecule has 0 spiro atoms. The highest BCUT2D eigenvalue weighted by atomic mass is 19.4. The molecule has 3 aromatic carbocycles. The van der Waals surface area contributed by atoms with Gasteiger partial charge in [0.2, 0.25) is 0 Å². The first-order valence-electron chi connectivity index (χ1n) is 15.5. The molecular formula is C37H39F3N2O4. The fourth-order valence-corrected chi connectivity index (χ4v) is 6.91. The molecule has 0 radical (unpaired) electrons. The number of carbonyl (C=O) groups is 2. The molecule has 242 valence electrons. The first kappa shape index (κ1) is 33.0. The number of rotatable bonds is 9. The number of benzene rings is 3. The molecule has 1 saturated heterocycles. The summed E-state index contributed by atoms with van der Waals surface area (Å²) >= 11 is 0. The quantitative estimate of drug-likeness (QED) is 0.200. The lowest BCUT2D eigenvalue weighted by Crippen LogP contribution is -2.43. The van der Waals surface area contributed by atoms with Crippen LogP contribution in [0.25, 0.3) is 0 Å². The second-order valence-corrected chi connectivity index (χ2v) is 11.9. The van der Waals surface area contributed by atoms with Gasteiger partial charge in [0.25, 0.3) is 0 Å². The average molecular weight is 633 g/mol. The van der Waals surface area contributed by atoms with Crippen LogP contribution < -0.4 is 5.32 Å². The molecule has 0 aromatic heterocycles. The SMILES string of the molecule is COC(=O)C1=C(C)NC(C)=C(C(=O)OCCCN2CCC(c3ccccc3)(c3ccccc3)CC2)C1c1ccccc1C(F)(F)F. The van der Waals surface area contributed by atoms with Gasteiger partial charge in [0, 0.05) is 23.4 Å². The number of hydrogen-bond acceptors (Lipinski definition) is 6. The minimum atomic E-state index is -4.70. The highest BCUT2D eigenvalue weighted by Gasteiger charge is 2.43. The van der Waals surface area contributed by atoms with Crippen LogP contribution in [-0.2, 0) is 30.7 Å². The highest BCUT2D eigenvalue weighted by Crippen LogP contribution is 2.45. The molecule has 0 saturated carbocycles. The predicted octanol–water partition coefficient (Wildman–Crippen LogP) is 7.13. The van der Waals surface area contributed by atoms with Gasteiger partial charge >= 0.3 is 18.1 Å². The van der Waals surface area contributed by atoms with E-state index in [1.54, 1.807) is 13.8 Å². The van der Waals surface area contributed by atoms with Gasteiger partial charge in [0.1, 0.15) is 0 Å². The Hall–Kier alpha value is -4.37. The van der Waals surface area contributed by atoms with Crippen molar-refractivity contribution in [2.24, 2.45) is 0 Å². The van der Waals surface area contributed by atoms with Crippen molar-refractivity contribution in [3.8, 4) is 0 Å². The third kappa shape index (κ3) is 6.75. The maximum Gasteiger partial charge on any atom is 0.416 e. The summed E-state index contributed by atoms with van der Waals surface area (Å²) in [5.74, 6) is -2.91. The normalized spacial score (nSPS) is 18.6. The number of ether oxygens (including phenoxy) is 2. The van der Waals surface area contributed by atoms with E-state index in [0.717, 1.165) is 39.1 Å². The van der Waals surface area contributed by atoms with E-state index in [1.165, 1.54) is 29.3 Å². The monoisotopic (exact) mass is 632 g/mol. The zero-order chi connectivity index (χ0) is 32.9. The number of hydrogen-bond donors (Lipinski definition) is 1.